The lowest BCUT2D eigenvalue weighted by Crippen LogP contribution is -2.42. The van der Waals surface area contributed by atoms with Crippen molar-refractivity contribution in [2.75, 3.05) is 18.8 Å². The van der Waals surface area contributed by atoms with Crippen LogP contribution >= 0.6 is 11.8 Å². The van der Waals surface area contributed by atoms with Crippen LogP contribution in [-0.4, -0.2) is 35.0 Å². The molecule has 1 rings (SSSR count). The first-order chi connectivity index (χ1) is 5.74. The summed E-state index contributed by atoms with van der Waals surface area (Å²) in [6.45, 7) is 4.13. The monoisotopic (exact) mass is 187 g/mol. The Morgan fingerprint density at radius 1 is 1.58 bits per heavy atom. The van der Waals surface area contributed by atoms with E-state index in [0.717, 1.165) is 18.3 Å². The van der Waals surface area contributed by atoms with Gasteiger partial charge in [0.1, 0.15) is 0 Å². The lowest BCUT2D eigenvalue weighted by molar-refractivity contribution is 0.343. The molecule has 3 nitrogen and oxygen atoms in total. The molecular weight excluding hydrogens is 170 g/mol. The average Bonchev–Trinajstić information content (AvgIpc) is 2.06. The van der Waals surface area contributed by atoms with E-state index in [-0.39, 0.29) is 5.96 Å². The van der Waals surface area contributed by atoms with Crippen LogP contribution < -0.4 is 5.73 Å². The van der Waals surface area contributed by atoms with Gasteiger partial charge in [-0.3, -0.25) is 5.41 Å². The summed E-state index contributed by atoms with van der Waals surface area (Å²) in [6.07, 6.45) is 2.36. The van der Waals surface area contributed by atoms with Crippen LogP contribution in [0.4, 0.5) is 0 Å². The normalized spacial score (nSPS) is 19.6. The van der Waals surface area contributed by atoms with E-state index in [2.05, 4.69) is 6.92 Å². The third kappa shape index (κ3) is 2.59. The quantitative estimate of drug-likeness (QED) is 0.503. The zero-order chi connectivity index (χ0) is 8.97. The van der Waals surface area contributed by atoms with Gasteiger partial charge in [0.05, 0.1) is 0 Å². The highest BCUT2D eigenvalue weighted by Gasteiger charge is 2.18. The number of thioether (sulfide) groups is 1. The molecular formula is C8H17N3S. The molecule has 0 atom stereocenters. The molecule has 0 aromatic heterocycles. The van der Waals surface area contributed by atoms with Gasteiger partial charge < -0.3 is 10.6 Å². The van der Waals surface area contributed by atoms with Crippen LogP contribution in [0.15, 0.2) is 0 Å². The minimum atomic E-state index is 0.231. The summed E-state index contributed by atoms with van der Waals surface area (Å²) < 4.78 is 0. The van der Waals surface area contributed by atoms with Gasteiger partial charge in [-0.2, -0.15) is 11.8 Å². The highest BCUT2D eigenvalue weighted by molar-refractivity contribution is 7.99. The fourth-order valence-electron chi connectivity index (χ4n) is 1.50. The Morgan fingerprint density at radius 3 is 2.58 bits per heavy atom. The number of nitrogens with one attached hydrogen (secondary N) is 1. The van der Waals surface area contributed by atoms with Crippen molar-refractivity contribution < 1.29 is 0 Å². The summed E-state index contributed by atoms with van der Waals surface area (Å²) in [6, 6.07) is 0. The summed E-state index contributed by atoms with van der Waals surface area (Å²) in [5, 5.41) is 8.05. The third-order valence-electron chi connectivity index (χ3n) is 2.19. The van der Waals surface area contributed by atoms with Crippen molar-refractivity contribution >= 4 is 17.7 Å². The zero-order valence-corrected chi connectivity index (χ0v) is 8.36. The summed E-state index contributed by atoms with van der Waals surface area (Å²) in [5.41, 5.74) is 5.39. The molecule has 0 unspecified atom stereocenters. The SMILES string of the molecule is CCSC1CCN(C(=N)N)CC1. The Kier molecular flexibility index (Phi) is 3.72. The van der Waals surface area contributed by atoms with Crippen LogP contribution in [0.2, 0.25) is 0 Å². The molecule has 0 radical (unpaired) electrons. The van der Waals surface area contributed by atoms with Crippen LogP contribution in [0.1, 0.15) is 19.8 Å². The van der Waals surface area contributed by atoms with Gasteiger partial charge in [-0.15, -0.1) is 0 Å². The van der Waals surface area contributed by atoms with Gasteiger partial charge in [-0.25, -0.2) is 0 Å². The first kappa shape index (κ1) is 9.71. The number of guanidine groups is 1. The maximum Gasteiger partial charge on any atom is 0.188 e. The number of hydrogen-bond acceptors (Lipinski definition) is 2. The Hall–Kier alpha value is -0.380. The molecule has 4 heteroatoms. The molecule has 0 spiro atoms. The van der Waals surface area contributed by atoms with Crippen LogP contribution in [0, 0.1) is 5.41 Å². The van der Waals surface area contributed by atoms with Crippen molar-refractivity contribution in [2.24, 2.45) is 5.73 Å². The predicted molar refractivity (Wildman–Crippen MR) is 54.6 cm³/mol. The lowest BCUT2D eigenvalue weighted by Gasteiger charge is -2.31. The molecule has 1 aliphatic heterocycles. The molecule has 12 heavy (non-hydrogen) atoms. The van der Waals surface area contributed by atoms with E-state index in [9.17, 15) is 0 Å². The molecule has 3 N–H and O–H groups in total. The number of likely N-dealkylation sites (tertiary alicyclic amines) is 1. The van der Waals surface area contributed by atoms with Crippen molar-refractivity contribution in [1.29, 1.82) is 5.41 Å². The van der Waals surface area contributed by atoms with E-state index < -0.39 is 0 Å². The van der Waals surface area contributed by atoms with Crippen molar-refractivity contribution in [2.45, 2.75) is 25.0 Å². The van der Waals surface area contributed by atoms with E-state index in [1.165, 1.54) is 18.6 Å². The molecule has 1 fully saturated rings. The first-order valence-corrected chi connectivity index (χ1v) is 5.49. The van der Waals surface area contributed by atoms with E-state index >= 15 is 0 Å². The molecule has 70 valence electrons. The minimum Gasteiger partial charge on any atom is -0.370 e. The summed E-state index contributed by atoms with van der Waals surface area (Å²) >= 11 is 2.03. The minimum absolute atomic E-state index is 0.231. The maximum absolute atomic E-state index is 7.25. The van der Waals surface area contributed by atoms with E-state index in [0.29, 0.717) is 0 Å². The molecule has 0 aromatic rings. The maximum atomic E-state index is 7.25. The Labute approximate surface area is 78.2 Å². The van der Waals surface area contributed by atoms with Crippen molar-refractivity contribution in [3.63, 3.8) is 0 Å². The largest absolute Gasteiger partial charge is 0.370 e. The highest BCUT2D eigenvalue weighted by atomic mass is 32.2. The van der Waals surface area contributed by atoms with E-state index in [1.807, 2.05) is 16.7 Å². The third-order valence-corrected chi connectivity index (χ3v) is 3.46. The first-order valence-electron chi connectivity index (χ1n) is 4.44. The van der Waals surface area contributed by atoms with Crippen LogP contribution in [0.3, 0.4) is 0 Å². The van der Waals surface area contributed by atoms with Crippen LogP contribution in [0.5, 0.6) is 0 Å². The Morgan fingerprint density at radius 2 is 2.17 bits per heavy atom. The van der Waals surface area contributed by atoms with Gasteiger partial charge in [0, 0.05) is 18.3 Å². The van der Waals surface area contributed by atoms with Gasteiger partial charge in [0.25, 0.3) is 0 Å². The topological polar surface area (TPSA) is 53.1 Å². The Bertz CT molecular complexity index is 152. The number of piperidine rings is 1. The van der Waals surface area contributed by atoms with Gasteiger partial charge in [-0.05, 0) is 18.6 Å². The van der Waals surface area contributed by atoms with Gasteiger partial charge in [0.15, 0.2) is 5.96 Å². The van der Waals surface area contributed by atoms with Crippen molar-refractivity contribution in [3.8, 4) is 0 Å². The van der Waals surface area contributed by atoms with Gasteiger partial charge >= 0.3 is 0 Å². The molecule has 1 aliphatic rings. The smallest absolute Gasteiger partial charge is 0.188 e. The van der Waals surface area contributed by atoms with Crippen LogP contribution in [-0.2, 0) is 0 Å². The Balaban J connectivity index is 2.25. The second-order valence-corrected chi connectivity index (χ2v) is 4.60. The van der Waals surface area contributed by atoms with Crippen LogP contribution in [0.25, 0.3) is 0 Å². The van der Waals surface area contributed by atoms with E-state index in [1.54, 1.807) is 0 Å². The fourth-order valence-corrected chi connectivity index (χ4v) is 2.51. The van der Waals surface area contributed by atoms with Gasteiger partial charge in [0.2, 0.25) is 0 Å². The molecule has 0 aromatic carbocycles. The number of hydrogen-bond donors (Lipinski definition) is 2. The standard InChI is InChI=1S/C8H17N3S/c1-2-12-7-3-5-11(6-4-7)8(9)10/h7H,2-6H2,1H3,(H3,9,10). The summed E-state index contributed by atoms with van der Waals surface area (Å²) in [7, 11) is 0. The molecule has 1 saturated heterocycles. The zero-order valence-electron chi connectivity index (χ0n) is 7.55. The average molecular weight is 187 g/mol. The predicted octanol–water partition coefficient (Wildman–Crippen LogP) is 1.10. The summed E-state index contributed by atoms with van der Waals surface area (Å²) in [4.78, 5) is 1.95. The second kappa shape index (κ2) is 4.60. The molecule has 0 amide bonds. The van der Waals surface area contributed by atoms with E-state index in [4.69, 9.17) is 11.1 Å². The fraction of sp³-hybridized carbons (Fsp3) is 0.875. The van der Waals surface area contributed by atoms with Gasteiger partial charge in [-0.1, -0.05) is 6.92 Å². The lowest BCUT2D eigenvalue weighted by atomic mass is 10.1. The summed E-state index contributed by atoms with van der Waals surface area (Å²) in [5.74, 6) is 1.43. The number of rotatable bonds is 2. The molecule has 0 bridgehead atoms. The number of nitrogens with zero attached hydrogens (tertiary/aromatic N) is 1. The molecule has 0 saturated carbocycles. The second-order valence-electron chi connectivity index (χ2n) is 3.03. The molecule has 1 heterocycles. The number of nitrogens with two attached hydrogens (primary N) is 1. The van der Waals surface area contributed by atoms with Crippen molar-refractivity contribution in [3.05, 3.63) is 0 Å². The highest BCUT2D eigenvalue weighted by Crippen LogP contribution is 2.22. The van der Waals surface area contributed by atoms with Crippen molar-refractivity contribution in [1.82, 2.24) is 4.90 Å². The molecule has 0 aliphatic carbocycles.